The van der Waals surface area contributed by atoms with Crippen LogP contribution in [0.2, 0.25) is 0 Å². The van der Waals surface area contributed by atoms with E-state index in [1.807, 2.05) is 30.3 Å². The zero-order valence-corrected chi connectivity index (χ0v) is 12.4. The van der Waals surface area contributed by atoms with Gasteiger partial charge in [0.15, 0.2) is 0 Å². The van der Waals surface area contributed by atoms with Crippen molar-refractivity contribution in [1.29, 1.82) is 0 Å². The van der Waals surface area contributed by atoms with Crippen LogP contribution in [-0.4, -0.2) is 20.9 Å². The molecule has 2 aromatic heterocycles. The van der Waals surface area contributed by atoms with E-state index in [0.29, 0.717) is 24.5 Å². The Kier molecular flexibility index (Phi) is 4.63. The third kappa shape index (κ3) is 4.41. The third-order valence-electron chi connectivity index (χ3n) is 3.17. The van der Waals surface area contributed by atoms with Crippen molar-refractivity contribution < 1.29 is 9.21 Å². The van der Waals surface area contributed by atoms with E-state index in [1.165, 1.54) is 6.08 Å². The van der Waals surface area contributed by atoms with E-state index in [2.05, 4.69) is 15.6 Å². The number of carbonyl (C=O) groups excluding carboxylic acids is 1. The van der Waals surface area contributed by atoms with E-state index in [0.717, 1.165) is 5.56 Å². The monoisotopic (exact) mass is 308 g/mol. The summed E-state index contributed by atoms with van der Waals surface area (Å²) in [5.74, 6) is 0.500. The van der Waals surface area contributed by atoms with E-state index in [4.69, 9.17) is 4.42 Å². The highest BCUT2D eigenvalue weighted by atomic mass is 16.3. The predicted octanol–water partition coefficient (Wildman–Crippen LogP) is 2.25. The molecule has 3 rings (SSSR count). The average molecular weight is 308 g/mol. The molecule has 0 radical (unpaired) electrons. The number of hydrogen-bond donors (Lipinski definition) is 1. The highest BCUT2D eigenvalue weighted by Gasteiger charge is 2.01. The van der Waals surface area contributed by atoms with Crippen molar-refractivity contribution in [2.45, 2.75) is 13.1 Å². The fourth-order valence-corrected chi connectivity index (χ4v) is 2.04. The van der Waals surface area contributed by atoms with Gasteiger partial charge in [0.1, 0.15) is 11.5 Å². The van der Waals surface area contributed by atoms with Crippen molar-refractivity contribution in [2.75, 3.05) is 0 Å². The Labute approximate surface area is 133 Å². The predicted molar refractivity (Wildman–Crippen MR) is 85.2 cm³/mol. The zero-order chi connectivity index (χ0) is 15.9. The minimum Gasteiger partial charge on any atom is -0.467 e. The van der Waals surface area contributed by atoms with Gasteiger partial charge in [-0.3, -0.25) is 4.79 Å². The second kappa shape index (κ2) is 7.22. The number of carbonyl (C=O) groups is 1. The Hall–Kier alpha value is -3.15. The lowest BCUT2D eigenvalue weighted by Crippen LogP contribution is -2.19. The number of benzene rings is 1. The molecule has 0 aliphatic heterocycles. The summed E-state index contributed by atoms with van der Waals surface area (Å²) in [6.45, 7) is 1.00. The van der Waals surface area contributed by atoms with Crippen LogP contribution >= 0.6 is 0 Å². The van der Waals surface area contributed by atoms with Crippen LogP contribution in [0.15, 0.2) is 65.4 Å². The van der Waals surface area contributed by atoms with Crippen molar-refractivity contribution in [3.8, 4) is 0 Å². The SMILES string of the molecule is O=C(C=Cc1cn(Cc2ccccc2)nn1)NCc1ccco1. The maximum Gasteiger partial charge on any atom is 0.244 e. The number of nitrogens with one attached hydrogen (secondary N) is 1. The minimum atomic E-state index is -0.209. The molecule has 1 amide bonds. The summed E-state index contributed by atoms with van der Waals surface area (Å²) in [6, 6.07) is 13.6. The van der Waals surface area contributed by atoms with Crippen LogP contribution in [0.5, 0.6) is 0 Å². The molecule has 0 atom stereocenters. The molecule has 0 spiro atoms. The van der Waals surface area contributed by atoms with Crippen molar-refractivity contribution in [1.82, 2.24) is 20.3 Å². The summed E-state index contributed by atoms with van der Waals surface area (Å²) in [7, 11) is 0. The Balaban J connectivity index is 1.52. The van der Waals surface area contributed by atoms with Gasteiger partial charge in [-0.25, -0.2) is 4.68 Å². The molecule has 0 aliphatic rings. The largest absolute Gasteiger partial charge is 0.467 e. The lowest BCUT2D eigenvalue weighted by Gasteiger charge is -1.99. The Morgan fingerprint density at radius 1 is 1.22 bits per heavy atom. The van der Waals surface area contributed by atoms with Gasteiger partial charge in [0.25, 0.3) is 0 Å². The van der Waals surface area contributed by atoms with Gasteiger partial charge in [-0.2, -0.15) is 0 Å². The first-order chi connectivity index (χ1) is 11.3. The molecule has 6 heteroatoms. The number of rotatable bonds is 6. The third-order valence-corrected chi connectivity index (χ3v) is 3.17. The first kappa shape index (κ1) is 14.8. The van der Waals surface area contributed by atoms with E-state index in [1.54, 1.807) is 35.4 Å². The van der Waals surface area contributed by atoms with E-state index < -0.39 is 0 Å². The zero-order valence-electron chi connectivity index (χ0n) is 12.4. The van der Waals surface area contributed by atoms with Crippen LogP contribution in [0.4, 0.5) is 0 Å². The molecule has 0 unspecified atom stereocenters. The molecule has 0 saturated heterocycles. The van der Waals surface area contributed by atoms with Crippen molar-refractivity contribution in [3.63, 3.8) is 0 Å². The number of amides is 1. The lowest BCUT2D eigenvalue weighted by molar-refractivity contribution is -0.116. The van der Waals surface area contributed by atoms with Crippen LogP contribution in [0, 0.1) is 0 Å². The van der Waals surface area contributed by atoms with Crippen molar-refractivity contribution in [2.24, 2.45) is 0 Å². The van der Waals surface area contributed by atoms with E-state index in [-0.39, 0.29) is 5.91 Å². The number of aromatic nitrogens is 3. The summed E-state index contributed by atoms with van der Waals surface area (Å²) in [4.78, 5) is 11.7. The smallest absolute Gasteiger partial charge is 0.244 e. The highest BCUT2D eigenvalue weighted by molar-refractivity contribution is 5.91. The fraction of sp³-hybridized carbons (Fsp3) is 0.118. The normalized spacial score (nSPS) is 11.0. The van der Waals surface area contributed by atoms with Gasteiger partial charge >= 0.3 is 0 Å². The van der Waals surface area contributed by atoms with Gasteiger partial charge in [0.05, 0.1) is 25.5 Å². The molecule has 1 aromatic carbocycles. The Bertz CT molecular complexity index is 776. The second-order valence-electron chi connectivity index (χ2n) is 4.96. The van der Waals surface area contributed by atoms with Crippen molar-refractivity contribution in [3.05, 3.63) is 78.0 Å². The maximum atomic E-state index is 11.7. The molecular weight excluding hydrogens is 292 g/mol. The van der Waals surface area contributed by atoms with Crippen LogP contribution in [0.3, 0.4) is 0 Å². The summed E-state index contributed by atoms with van der Waals surface area (Å²) < 4.78 is 6.87. The lowest BCUT2D eigenvalue weighted by atomic mass is 10.2. The summed E-state index contributed by atoms with van der Waals surface area (Å²) in [5.41, 5.74) is 1.78. The quantitative estimate of drug-likeness (QED) is 0.709. The number of hydrogen-bond acceptors (Lipinski definition) is 4. The molecule has 116 valence electrons. The molecule has 0 bridgehead atoms. The van der Waals surface area contributed by atoms with Gasteiger partial charge in [-0.05, 0) is 23.8 Å². The number of nitrogens with zero attached hydrogens (tertiary/aromatic N) is 3. The van der Waals surface area contributed by atoms with Gasteiger partial charge in [0, 0.05) is 6.08 Å². The second-order valence-corrected chi connectivity index (χ2v) is 4.96. The first-order valence-corrected chi connectivity index (χ1v) is 7.22. The van der Waals surface area contributed by atoms with Crippen LogP contribution < -0.4 is 5.32 Å². The molecule has 3 aromatic rings. The summed E-state index contributed by atoms with van der Waals surface area (Å²) in [5, 5.41) is 10.8. The maximum absolute atomic E-state index is 11.7. The standard InChI is InChI=1S/C17H16N4O2/c22-17(18-11-16-7-4-10-23-16)9-8-15-13-21(20-19-15)12-14-5-2-1-3-6-14/h1-10,13H,11-12H2,(H,18,22). The van der Waals surface area contributed by atoms with Crippen LogP contribution in [0.25, 0.3) is 6.08 Å². The van der Waals surface area contributed by atoms with Crippen molar-refractivity contribution >= 4 is 12.0 Å². The average Bonchev–Trinajstić information content (AvgIpc) is 3.24. The Morgan fingerprint density at radius 2 is 2.09 bits per heavy atom. The van der Waals surface area contributed by atoms with Gasteiger partial charge in [-0.15, -0.1) is 5.10 Å². The Morgan fingerprint density at radius 3 is 2.87 bits per heavy atom. The summed E-state index contributed by atoms with van der Waals surface area (Å²) in [6.07, 6.45) is 6.43. The van der Waals surface area contributed by atoms with E-state index in [9.17, 15) is 4.79 Å². The molecule has 23 heavy (non-hydrogen) atoms. The molecule has 1 N–H and O–H groups in total. The van der Waals surface area contributed by atoms with Crippen LogP contribution in [0.1, 0.15) is 17.0 Å². The molecule has 2 heterocycles. The van der Waals surface area contributed by atoms with Gasteiger partial charge in [0.2, 0.25) is 5.91 Å². The summed E-state index contributed by atoms with van der Waals surface area (Å²) >= 11 is 0. The topological polar surface area (TPSA) is 73.0 Å². The first-order valence-electron chi connectivity index (χ1n) is 7.22. The highest BCUT2D eigenvalue weighted by Crippen LogP contribution is 2.03. The van der Waals surface area contributed by atoms with Crippen LogP contribution in [-0.2, 0) is 17.9 Å². The molecule has 0 aliphatic carbocycles. The molecule has 0 fully saturated rings. The molecule has 6 nitrogen and oxygen atoms in total. The van der Waals surface area contributed by atoms with Gasteiger partial charge < -0.3 is 9.73 Å². The van der Waals surface area contributed by atoms with E-state index >= 15 is 0 Å². The minimum absolute atomic E-state index is 0.209. The number of furan rings is 1. The molecule has 0 saturated carbocycles. The molecular formula is C17H16N4O2. The van der Waals surface area contributed by atoms with Gasteiger partial charge in [-0.1, -0.05) is 35.5 Å². The fourth-order valence-electron chi connectivity index (χ4n) is 2.04.